The highest BCUT2D eigenvalue weighted by atomic mass is 32.2. The van der Waals surface area contributed by atoms with Crippen molar-refractivity contribution in [2.24, 2.45) is 10.9 Å². The summed E-state index contributed by atoms with van der Waals surface area (Å²) in [5.41, 5.74) is 6.38. The quantitative estimate of drug-likeness (QED) is 0.374. The Balaban J connectivity index is 2.37. The van der Waals surface area contributed by atoms with Gasteiger partial charge < -0.3 is 10.9 Å². The lowest BCUT2D eigenvalue weighted by molar-refractivity contribution is 0.318. The van der Waals surface area contributed by atoms with Crippen LogP contribution in [-0.4, -0.2) is 43.9 Å². The molecule has 21 heavy (non-hydrogen) atoms. The van der Waals surface area contributed by atoms with E-state index >= 15 is 0 Å². The first-order valence-electron chi connectivity index (χ1n) is 6.79. The largest absolute Gasteiger partial charge is 0.409 e. The third-order valence-corrected chi connectivity index (χ3v) is 5.52. The summed E-state index contributed by atoms with van der Waals surface area (Å²) in [5.74, 6) is -0.119. The minimum atomic E-state index is -3.60. The van der Waals surface area contributed by atoms with Crippen molar-refractivity contribution < 1.29 is 13.6 Å². The summed E-state index contributed by atoms with van der Waals surface area (Å²) in [6, 6.07) is 6.67. The Morgan fingerprint density at radius 1 is 1.29 bits per heavy atom. The van der Waals surface area contributed by atoms with Crippen molar-refractivity contribution in [3.05, 3.63) is 29.8 Å². The van der Waals surface area contributed by atoms with Crippen LogP contribution in [0.25, 0.3) is 0 Å². The Morgan fingerprint density at radius 2 is 1.90 bits per heavy atom. The van der Waals surface area contributed by atoms with Crippen molar-refractivity contribution in [2.45, 2.75) is 19.3 Å². The molecule has 7 nitrogen and oxygen atoms in total. The molecule has 1 aliphatic rings. The van der Waals surface area contributed by atoms with Gasteiger partial charge in [0.15, 0.2) is 5.84 Å². The van der Waals surface area contributed by atoms with E-state index in [2.05, 4.69) is 5.16 Å². The zero-order valence-electron chi connectivity index (χ0n) is 11.9. The number of para-hydroxylation sites is 1. The fourth-order valence-electron chi connectivity index (χ4n) is 2.41. The summed E-state index contributed by atoms with van der Waals surface area (Å²) in [6.45, 7) is 1.05. The maximum Gasteiger partial charge on any atom is 0.303 e. The second-order valence-corrected chi connectivity index (χ2v) is 6.90. The molecule has 1 aromatic rings. The number of nitrogens with two attached hydrogens (primary N) is 1. The number of piperidine rings is 1. The summed E-state index contributed by atoms with van der Waals surface area (Å²) >= 11 is 0. The smallest absolute Gasteiger partial charge is 0.303 e. The van der Waals surface area contributed by atoms with Gasteiger partial charge in [-0.25, -0.2) is 0 Å². The van der Waals surface area contributed by atoms with E-state index in [4.69, 9.17) is 10.9 Å². The molecule has 1 saturated heterocycles. The van der Waals surface area contributed by atoms with E-state index in [0.717, 1.165) is 19.3 Å². The second-order valence-electron chi connectivity index (χ2n) is 4.94. The summed E-state index contributed by atoms with van der Waals surface area (Å²) < 4.78 is 28.0. The normalized spacial score (nSPS) is 17.7. The molecule has 8 heteroatoms. The summed E-state index contributed by atoms with van der Waals surface area (Å²) in [6.07, 6.45) is 2.79. The van der Waals surface area contributed by atoms with Gasteiger partial charge in [0, 0.05) is 25.7 Å². The van der Waals surface area contributed by atoms with Crippen molar-refractivity contribution in [1.29, 1.82) is 0 Å². The van der Waals surface area contributed by atoms with Gasteiger partial charge in [-0.2, -0.15) is 12.7 Å². The van der Waals surface area contributed by atoms with Gasteiger partial charge in [-0.3, -0.25) is 4.31 Å². The average molecular weight is 312 g/mol. The second kappa shape index (κ2) is 6.31. The van der Waals surface area contributed by atoms with E-state index in [1.807, 2.05) is 0 Å². The van der Waals surface area contributed by atoms with Crippen molar-refractivity contribution in [2.75, 3.05) is 24.4 Å². The molecule has 0 radical (unpaired) electrons. The Labute approximate surface area is 124 Å². The Hall–Kier alpha value is -1.80. The molecule has 3 N–H and O–H groups in total. The van der Waals surface area contributed by atoms with Crippen LogP contribution in [0.5, 0.6) is 0 Å². The maximum atomic E-state index is 12.7. The SMILES string of the molecule is CN(c1ccccc1/C(N)=N/O)S(=O)(=O)N1CCCCC1. The van der Waals surface area contributed by atoms with Crippen LogP contribution in [0.2, 0.25) is 0 Å². The maximum absolute atomic E-state index is 12.7. The van der Waals surface area contributed by atoms with Crippen LogP contribution >= 0.6 is 0 Å². The zero-order valence-corrected chi connectivity index (χ0v) is 12.8. The van der Waals surface area contributed by atoms with Crippen molar-refractivity contribution in [3.8, 4) is 0 Å². The molecule has 0 atom stereocenters. The van der Waals surface area contributed by atoms with Crippen molar-refractivity contribution >= 4 is 21.7 Å². The van der Waals surface area contributed by atoms with Gasteiger partial charge in [0.1, 0.15) is 0 Å². The van der Waals surface area contributed by atoms with E-state index in [-0.39, 0.29) is 5.84 Å². The molecule has 0 bridgehead atoms. The van der Waals surface area contributed by atoms with Gasteiger partial charge in [0.25, 0.3) is 0 Å². The van der Waals surface area contributed by atoms with Crippen LogP contribution in [0.15, 0.2) is 29.4 Å². The number of amidine groups is 1. The molecule has 116 valence electrons. The van der Waals surface area contributed by atoms with E-state index in [0.29, 0.717) is 24.3 Å². The third kappa shape index (κ3) is 3.11. The topological polar surface area (TPSA) is 99.2 Å². The number of anilines is 1. The lowest BCUT2D eigenvalue weighted by atomic mass is 10.1. The Bertz CT molecular complexity index is 624. The standard InChI is InChI=1S/C13H20N4O3S/c1-16(21(19,20)17-9-5-2-6-10-17)12-8-4-3-7-11(12)13(14)15-18/h3-4,7-8,18H,2,5-6,9-10H2,1H3,(H2,14,15). The Kier molecular flexibility index (Phi) is 4.69. The zero-order chi connectivity index (χ0) is 15.5. The van der Waals surface area contributed by atoms with E-state index in [9.17, 15) is 8.42 Å². The van der Waals surface area contributed by atoms with Crippen LogP contribution < -0.4 is 10.0 Å². The molecule has 1 heterocycles. The molecular weight excluding hydrogens is 292 g/mol. The molecule has 0 aliphatic carbocycles. The van der Waals surface area contributed by atoms with Crippen LogP contribution in [0, 0.1) is 0 Å². The minimum Gasteiger partial charge on any atom is -0.409 e. The molecule has 0 amide bonds. The number of nitrogens with zero attached hydrogens (tertiary/aromatic N) is 3. The van der Waals surface area contributed by atoms with E-state index < -0.39 is 10.2 Å². The molecule has 0 saturated carbocycles. The van der Waals surface area contributed by atoms with Gasteiger partial charge in [-0.15, -0.1) is 0 Å². The van der Waals surface area contributed by atoms with Crippen LogP contribution in [0.4, 0.5) is 5.69 Å². The van der Waals surface area contributed by atoms with E-state index in [1.54, 1.807) is 24.3 Å². The molecular formula is C13H20N4O3S. The van der Waals surface area contributed by atoms with Crippen LogP contribution in [0.1, 0.15) is 24.8 Å². The highest BCUT2D eigenvalue weighted by Crippen LogP contribution is 2.25. The lowest BCUT2D eigenvalue weighted by Gasteiger charge is -2.31. The number of benzene rings is 1. The van der Waals surface area contributed by atoms with Gasteiger partial charge in [-0.1, -0.05) is 23.7 Å². The molecule has 0 aromatic heterocycles. The molecule has 2 rings (SSSR count). The predicted molar refractivity (Wildman–Crippen MR) is 81.7 cm³/mol. The lowest BCUT2D eigenvalue weighted by Crippen LogP contribution is -2.45. The number of oxime groups is 1. The van der Waals surface area contributed by atoms with E-state index in [1.165, 1.54) is 15.7 Å². The summed E-state index contributed by atoms with van der Waals surface area (Å²) in [4.78, 5) is 0. The van der Waals surface area contributed by atoms with Gasteiger partial charge in [0.2, 0.25) is 0 Å². The third-order valence-electron chi connectivity index (χ3n) is 3.61. The van der Waals surface area contributed by atoms with Gasteiger partial charge in [0.05, 0.1) is 5.69 Å². The number of rotatable bonds is 4. The molecule has 1 aromatic carbocycles. The van der Waals surface area contributed by atoms with Gasteiger partial charge >= 0.3 is 10.2 Å². The molecule has 1 aliphatic heterocycles. The first kappa shape index (κ1) is 15.6. The predicted octanol–water partition coefficient (Wildman–Crippen LogP) is 0.948. The van der Waals surface area contributed by atoms with Gasteiger partial charge in [-0.05, 0) is 25.0 Å². The highest BCUT2D eigenvalue weighted by Gasteiger charge is 2.29. The summed E-state index contributed by atoms with van der Waals surface area (Å²) in [7, 11) is -2.13. The van der Waals surface area contributed by atoms with Crippen molar-refractivity contribution in [1.82, 2.24) is 4.31 Å². The number of hydrogen-bond acceptors (Lipinski definition) is 4. The number of hydrogen-bond donors (Lipinski definition) is 2. The monoisotopic (exact) mass is 312 g/mol. The first-order valence-corrected chi connectivity index (χ1v) is 8.19. The van der Waals surface area contributed by atoms with Crippen molar-refractivity contribution in [3.63, 3.8) is 0 Å². The van der Waals surface area contributed by atoms with Crippen LogP contribution in [-0.2, 0) is 10.2 Å². The molecule has 0 spiro atoms. The molecule has 0 unspecified atom stereocenters. The van der Waals surface area contributed by atoms with Crippen LogP contribution in [0.3, 0.4) is 0 Å². The highest BCUT2D eigenvalue weighted by molar-refractivity contribution is 7.90. The minimum absolute atomic E-state index is 0.119. The molecule has 1 fully saturated rings. The summed E-state index contributed by atoms with van der Waals surface area (Å²) in [5, 5.41) is 11.8. The Morgan fingerprint density at radius 3 is 2.52 bits per heavy atom. The average Bonchev–Trinajstić information content (AvgIpc) is 2.54. The first-order chi connectivity index (χ1) is 9.98. The fourth-order valence-corrected chi connectivity index (χ4v) is 3.89. The fraction of sp³-hybridized carbons (Fsp3) is 0.462.